The van der Waals surface area contributed by atoms with Gasteiger partial charge in [-0.1, -0.05) is 26.2 Å². The first kappa shape index (κ1) is 21.9. The molecule has 4 rings (SSSR count). The summed E-state index contributed by atoms with van der Waals surface area (Å²) in [6.45, 7) is 5.14. The fraction of sp³-hybridized carbons (Fsp3) is 0.600. The standard InChI is InChI=1S/C25H33NO5/c1-3-4-7-18-14-23(28)31-21-13-17(2)12-20(24(18)21)30-16-22(27)26-11-10-25(29)9-6-5-8-19(25)15-26/h12-14,19,29H,3-11,15-16H2,1-2H3/t19-,25-/m0/s1. The molecule has 1 aliphatic heterocycles. The van der Waals surface area contributed by atoms with Gasteiger partial charge >= 0.3 is 5.63 Å². The number of amides is 1. The second-order valence-electron chi connectivity index (χ2n) is 9.26. The minimum Gasteiger partial charge on any atom is -0.483 e. The van der Waals surface area contributed by atoms with Crippen molar-refractivity contribution in [2.75, 3.05) is 19.7 Å². The van der Waals surface area contributed by atoms with E-state index in [0.29, 0.717) is 30.8 Å². The Balaban J connectivity index is 1.52. The SMILES string of the molecule is CCCCc1cc(=O)oc2cc(C)cc(OCC(=O)N3CC[C@@]4(O)CCCC[C@H]4C3)c12. The predicted molar refractivity (Wildman–Crippen MR) is 119 cm³/mol. The highest BCUT2D eigenvalue weighted by Gasteiger charge is 2.43. The van der Waals surface area contributed by atoms with Crippen LogP contribution in [-0.2, 0) is 11.2 Å². The third-order valence-electron chi connectivity index (χ3n) is 6.97. The largest absolute Gasteiger partial charge is 0.483 e. The molecule has 2 fully saturated rings. The number of likely N-dealkylation sites (tertiary alicyclic amines) is 1. The zero-order chi connectivity index (χ0) is 22.0. The molecule has 31 heavy (non-hydrogen) atoms. The maximum Gasteiger partial charge on any atom is 0.336 e. The summed E-state index contributed by atoms with van der Waals surface area (Å²) in [4.78, 5) is 26.8. The van der Waals surface area contributed by atoms with Crippen molar-refractivity contribution < 1.29 is 19.1 Å². The van der Waals surface area contributed by atoms with E-state index in [2.05, 4.69) is 6.92 Å². The molecule has 6 heteroatoms. The van der Waals surface area contributed by atoms with Crippen molar-refractivity contribution in [1.29, 1.82) is 0 Å². The molecule has 0 unspecified atom stereocenters. The van der Waals surface area contributed by atoms with Gasteiger partial charge in [0.05, 0.1) is 11.0 Å². The Morgan fingerprint density at radius 2 is 2.13 bits per heavy atom. The van der Waals surface area contributed by atoms with Crippen LogP contribution in [0.25, 0.3) is 11.0 Å². The van der Waals surface area contributed by atoms with E-state index < -0.39 is 5.60 Å². The molecule has 1 aromatic carbocycles. The van der Waals surface area contributed by atoms with Crippen LogP contribution in [0.15, 0.2) is 27.4 Å². The van der Waals surface area contributed by atoms with Crippen molar-refractivity contribution in [1.82, 2.24) is 4.90 Å². The summed E-state index contributed by atoms with van der Waals surface area (Å²) in [5.74, 6) is 0.688. The molecule has 1 saturated heterocycles. The number of piperidine rings is 1. The number of nitrogens with zero attached hydrogens (tertiary/aromatic N) is 1. The van der Waals surface area contributed by atoms with E-state index >= 15 is 0 Å². The number of carbonyl (C=O) groups is 1. The van der Waals surface area contributed by atoms with E-state index in [-0.39, 0.29) is 24.1 Å². The average Bonchev–Trinajstić information content (AvgIpc) is 2.74. The van der Waals surface area contributed by atoms with Crippen molar-refractivity contribution in [3.8, 4) is 5.75 Å². The normalized spacial score (nSPS) is 23.6. The van der Waals surface area contributed by atoms with Gasteiger partial charge in [-0.05, 0) is 62.3 Å². The van der Waals surface area contributed by atoms with Gasteiger partial charge in [-0.25, -0.2) is 4.79 Å². The third kappa shape index (κ3) is 4.64. The molecule has 2 aliphatic rings. The average molecular weight is 428 g/mol. The maximum atomic E-state index is 12.9. The lowest BCUT2D eigenvalue weighted by Gasteiger charge is -2.47. The number of fused-ring (bicyclic) bond motifs is 2. The fourth-order valence-corrected chi connectivity index (χ4v) is 5.18. The van der Waals surface area contributed by atoms with Crippen molar-refractivity contribution in [2.24, 2.45) is 5.92 Å². The van der Waals surface area contributed by atoms with Crippen molar-refractivity contribution in [3.63, 3.8) is 0 Å². The molecule has 1 saturated carbocycles. The molecule has 0 radical (unpaired) electrons. The monoisotopic (exact) mass is 427 g/mol. The molecule has 2 atom stereocenters. The summed E-state index contributed by atoms with van der Waals surface area (Å²) in [7, 11) is 0. The Kier molecular flexibility index (Phi) is 6.37. The van der Waals surface area contributed by atoms with Crippen molar-refractivity contribution in [2.45, 2.75) is 70.8 Å². The first-order valence-electron chi connectivity index (χ1n) is 11.6. The number of aliphatic hydroxyl groups is 1. The van der Waals surface area contributed by atoms with E-state index in [9.17, 15) is 14.7 Å². The van der Waals surface area contributed by atoms with Crippen LogP contribution >= 0.6 is 0 Å². The molecule has 6 nitrogen and oxygen atoms in total. The summed E-state index contributed by atoms with van der Waals surface area (Å²) in [5.41, 5.74) is 1.36. The third-order valence-corrected chi connectivity index (χ3v) is 6.97. The zero-order valence-electron chi connectivity index (χ0n) is 18.6. The van der Waals surface area contributed by atoms with Gasteiger partial charge in [-0.15, -0.1) is 0 Å². The summed E-state index contributed by atoms with van der Waals surface area (Å²) < 4.78 is 11.5. The van der Waals surface area contributed by atoms with Crippen LogP contribution in [0.2, 0.25) is 0 Å². The lowest BCUT2D eigenvalue weighted by Crippen LogP contribution is -2.55. The van der Waals surface area contributed by atoms with Crippen LogP contribution in [0.1, 0.15) is 63.0 Å². The van der Waals surface area contributed by atoms with Gasteiger partial charge in [-0.2, -0.15) is 0 Å². The molecule has 1 aromatic heterocycles. The van der Waals surface area contributed by atoms with Crippen molar-refractivity contribution in [3.05, 3.63) is 39.7 Å². The van der Waals surface area contributed by atoms with Gasteiger partial charge in [0.2, 0.25) is 0 Å². The van der Waals surface area contributed by atoms with Gasteiger partial charge < -0.3 is 19.2 Å². The van der Waals surface area contributed by atoms with E-state index in [0.717, 1.165) is 61.5 Å². The van der Waals surface area contributed by atoms with Gasteiger partial charge in [-0.3, -0.25) is 4.79 Å². The quantitative estimate of drug-likeness (QED) is 0.706. The van der Waals surface area contributed by atoms with Gasteiger partial charge in [0.25, 0.3) is 5.91 Å². The van der Waals surface area contributed by atoms with Crippen LogP contribution in [-0.4, -0.2) is 41.2 Å². The Morgan fingerprint density at radius 3 is 2.94 bits per heavy atom. The van der Waals surface area contributed by atoms with E-state index in [1.165, 1.54) is 6.07 Å². The van der Waals surface area contributed by atoms with Crippen molar-refractivity contribution >= 4 is 16.9 Å². The minimum atomic E-state index is -0.603. The van der Waals surface area contributed by atoms with E-state index in [4.69, 9.17) is 9.15 Å². The topological polar surface area (TPSA) is 80.0 Å². The number of carbonyl (C=O) groups excluding carboxylic acids is 1. The van der Waals surface area contributed by atoms with Crippen LogP contribution in [0.4, 0.5) is 0 Å². The molecule has 1 aliphatic carbocycles. The first-order valence-corrected chi connectivity index (χ1v) is 11.6. The second kappa shape index (κ2) is 9.03. The van der Waals surface area contributed by atoms with E-state index in [1.54, 1.807) is 0 Å². The molecule has 0 spiro atoms. The zero-order valence-corrected chi connectivity index (χ0v) is 18.6. The lowest BCUT2D eigenvalue weighted by molar-refractivity contribution is -0.145. The Hall–Kier alpha value is -2.34. The molecule has 168 valence electrons. The highest BCUT2D eigenvalue weighted by Crippen LogP contribution is 2.40. The smallest absolute Gasteiger partial charge is 0.336 e. The Labute approximate surface area is 183 Å². The number of ether oxygens (including phenoxy) is 1. The second-order valence-corrected chi connectivity index (χ2v) is 9.26. The summed E-state index contributed by atoms with van der Waals surface area (Å²) >= 11 is 0. The van der Waals surface area contributed by atoms with Gasteiger partial charge in [0, 0.05) is 25.1 Å². The van der Waals surface area contributed by atoms with Crippen LogP contribution in [0.3, 0.4) is 0 Å². The first-order chi connectivity index (χ1) is 14.9. The molecule has 1 N–H and O–H groups in total. The maximum absolute atomic E-state index is 12.9. The Morgan fingerprint density at radius 1 is 1.29 bits per heavy atom. The highest BCUT2D eigenvalue weighted by molar-refractivity contribution is 5.88. The molecular weight excluding hydrogens is 394 g/mol. The fourth-order valence-electron chi connectivity index (χ4n) is 5.18. The molecule has 2 aromatic rings. The number of hydrogen-bond acceptors (Lipinski definition) is 5. The molecule has 0 bridgehead atoms. The Bertz CT molecular complexity index is 1010. The lowest BCUT2D eigenvalue weighted by atomic mass is 9.71. The number of unbranched alkanes of at least 4 members (excludes halogenated alkanes) is 1. The summed E-state index contributed by atoms with van der Waals surface area (Å²) in [6.07, 6.45) is 7.39. The van der Waals surface area contributed by atoms with E-state index in [1.807, 2.05) is 24.0 Å². The van der Waals surface area contributed by atoms with Gasteiger partial charge in [0.1, 0.15) is 11.3 Å². The number of aryl methyl sites for hydroxylation is 2. The molecule has 2 heterocycles. The molecule has 1 amide bonds. The summed E-state index contributed by atoms with van der Waals surface area (Å²) in [6, 6.07) is 5.28. The van der Waals surface area contributed by atoms with Crippen LogP contribution in [0, 0.1) is 12.8 Å². The predicted octanol–water partition coefficient (Wildman–Crippen LogP) is 3.98. The minimum absolute atomic E-state index is 0.0595. The highest BCUT2D eigenvalue weighted by atomic mass is 16.5. The van der Waals surface area contributed by atoms with Gasteiger partial charge in [0.15, 0.2) is 6.61 Å². The van der Waals surface area contributed by atoms with Crippen LogP contribution in [0.5, 0.6) is 5.75 Å². The molecular formula is C25H33NO5. The summed E-state index contributed by atoms with van der Waals surface area (Å²) in [5, 5.41) is 11.7. The number of benzene rings is 1. The number of hydrogen-bond donors (Lipinski definition) is 1. The number of rotatable bonds is 6. The van der Waals surface area contributed by atoms with Crippen LogP contribution < -0.4 is 10.4 Å².